The molecule has 0 bridgehead atoms. The number of sulfonamides is 1. The van der Waals surface area contributed by atoms with Gasteiger partial charge in [0.05, 0.1) is 12.0 Å². The molecule has 172 valence electrons. The number of amides is 1. The van der Waals surface area contributed by atoms with E-state index in [2.05, 4.69) is 5.32 Å². The summed E-state index contributed by atoms with van der Waals surface area (Å²) in [4.78, 5) is 13.5. The molecule has 2 fully saturated rings. The van der Waals surface area contributed by atoms with Gasteiger partial charge in [0.2, 0.25) is 15.9 Å². The third kappa shape index (κ3) is 4.26. The molecule has 8 heteroatoms. The third-order valence-corrected chi connectivity index (χ3v) is 8.37. The smallest absolute Gasteiger partial charge is 0.246 e. The van der Waals surface area contributed by atoms with Crippen LogP contribution < -0.4 is 10.1 Å². The Morgan fingerprint density at radius 2 is 1.81 bits per heavy atom. The lowest BCUT2D eigenvalue weighted by Gasteiger charge is -2.28. The fourth-order valence-corrected chi connectivity index (χ4v) is 6.47. The highest BCUT2D eigenvalue weighted by molar-refractivity contribution is 7.89. The maximum Gasteiger partial charge on any atom is 0.246 e. The molecule has 0 spiro atoms. The molecular weight excluding hydrogens is 431 g/mol. The number of halogens is 1. The lowest BCUT2D eigenvalue weighted by molar-refractivity contribution is -0.121. The van der Waals surface area contributed by atoms with E-state index >= 15 is 0 Å². The van der Waals surface area contributed by atoms with E-state index in [1.807, 2.05) is 0 Å². The second-order valence-electron chi connectivity index (χ2n) is 8.46. The van der Waals surface area contributed by atoms with Crippen molar-refractivity contribution in [1.29, 1.82) is 0 Å². The molecule has 2 aromatic rings. The molecule has 2 aromatic carbocycles. The van der Waals surface area contributed by atoms with E-state index in [0.717, 1.165) is 25.7 Å². The van der Waals surface area contributed by atoms with Gasteiger partial charge >= 0.3 is 0 Å². The first-order valence-corrected chi connectivity index (χ1v) is 12.7. The summed E-state index contributed by atoms with van der Waals surface area (Å²) in [5, 5.41) is 2.92. The van der Waals surface area contributed by atoms with Crippen LogP contribution in [0.4, 0.5) is 10.1 Å². The van der Waals surface area contributed by atoms with Crippen molar-refractivity contribution in [2.75, 3.05) is 25.0 Å². The van der Waals surface area contributed by atoms with Crippen LogP contribution in [0.25, 0.3) is 0 Å². The fraction of sp³-hybridized carbons (Fsp3) is 0.458. The Labute approximate surface area is 188 Å². The Bertz CT molecular complexity index is 1090. The van der Waals surface area contributed by atoms with Gasteiger partial charge < -0.3 is 10.1 Å². The molecule has 1 heterocycles. The topological polar surface area (TPSA) is 75.7 Å². The van der Waals surface area contributed by atoms with Gasteiger partial charge in [-0.2, -0.15) is 4.31 Å². The highest BCUT2D eigenvalue weighted by Crippen LogP contribution is 2.42. The van der Waals surface area contributed by atoms with Crippen molar-refractivity contribution in [2.45, 2.75) is 55.8 Å². The largest absolute Gasteiger partial charge is 0.492 e. The monoisotopic (exact) mass is 460 g/mol. The van der Waals surface area contributed by atoms with Gasteiger partial charge in [-0.1, -0.05) is 25.0 Å². The quantitative estimate of drug-likeness (QED) is 0.662. The Morgan fingerprint density at radius 1 is 1.09 bits per heavy atom. The Balaban J connectivity index is 1.67. The van der Waals surface area contributed by atoms with Crippen LogP contribution in [0.3, 0.4) is 0 Å². The second-order valence-corrected chi connectivity index (χ2v) is 10.4. The third-order valence-electron chi connectivity index (χ3n) is 6.45. The summed E-state index contributed by atoms with van der Waals surface area (Å²) in [6.45, 7) is 3.09. The minimum atomic E-state index is -3.73. The number of rotatable bonds is 7. The molecular formula is C24H29FN2O4S. The number of ether oxygens (including phenoxy) is 1. The predicted octanol–water partition coefficient (Wildman–Crippen LogP) is 4.46. The van der Waals surface area contributed by atoms with Crippen LogP contribution >= 0.6 is 0 Å². The van der Waals surface area contributed by atoms with Gasteiger partial charge in [0.15, 0.2) is 0 Å². The summed E-state index contributed by atoms with van der Waals surface area (Å²) in [5.41, 5.74) is 0.219. The van der Waals surface area contributed by atoms with E-state index in [1.54, 1.807) is 31.2 Å². The van der Waals surface area contributed by atoms with Crippen molar-refractivity contribution in [1.82, 2.24) is 4.31 Å². The number of carbonyl (C=O) groups is 1. The summed E-state index contributed by atoms with van der Waals surface area (Å²) in [6.07, 6.45) is 4.66. The molecule has 1 aliphatic heterocycles. The maximum atomic E-state index is 13.9. The van der Waals surface area contributed by atoms with Gasteiger partial charge in [-0.3, -0.25) is 4.79 Å². The molecule has 0 unspecified atom stereocenters. The van der Waals surface area contributed by atoms with Crippen LogP contribution in [0.15, 0.2) is 47.4 Å². The molecule has 2 aliphatic rings. The molecule has 6 nitrogen and oxygen atoms in total. The molecule has 0 radical (unpaired) electrons. The normalized spacial score (nSPS) is 18.6. The van der Waals surface area contributed by atoms with Crippen molar-refractivity contribution >= 4 is 21.6 Å². The van der Waals surface area contributed by atoms with Crippen molar-refractivity contribution in [3.63, 3.8) is 0 Å². The second kappa shape index (κ2) is 9.19. The number of nitrogens with one attached hydrogen (secondary N) is 1. The maximum absolute atomic E-state index is 13.9. The van der Waals surface area contributed by atoms with Crippen molar-refractivity contribution < 1.29 is 22.3 Å². The summed E-state index contributed by atoms with van der Waals surface area (Å²) in [5.74, 6) is -0.339. The van der Waals surface area contributed by atoms with E-state index in [-0.39, 0.29) is 22.4 Å². The summed E-state index contributed by atoms with van der Waals surface area (Å²) < 4.78 is 47.4. The SMILES string of the molecule is CCOc1ccc(NC(=O)C2(c3cccc(F)c3)CCCC2)cc1S(=O)(=O)N1CCCC1. The highest BCUT2D eigenvalue weighted by Gasteiger charge is 2.43. The minimum absolute atomic E-state index is 0.0604. The molecule has 0 aromatic heterocycles. The number of benzene rings is 2. The van der Waals surface area contributed by atoms with Crippen LogP contribution in [0, 0.1) is 5.82 Å². The first-order chi connectivity index (χ1) is 15.4. The number of hydrogen-bond acceptors (Lipinski definition) is 4. The fourth-order valence-electron chi connectivity index (χ4n) is 4.79. The van der Waals surface area contributed by atoms with Gasteiger partial charge in [-0.25, -0.2) is 12.8 Å². The Kier molecular flexibility index (Phi) is 6.53. The Morgan fingerprint density at radius 3 is 2.47 bits per heavy atom. The zero-order chi connectivity index (χ0) is 22.8. The van der Waals surface area contributed by atoms with Gasteiger partial charge in [0.25, 0.3) is 0 Å². The molecule has 1 amide bonds. The van der Waals surface area contributed by atoms with E-state index in [0.29, 0.717) is 43.8 Å². The molecule has 1 N–H and O–H groups in total. The molecule has 1 aliphatic carbocycles. The highest BCUT2D eigenvalue weighted by atomic mass is 32.2. The van der Waals surface area contributed by atoms with Crippen molar-refractivity contribution in [3.05, 3.63) is 53.8 Å². The van der Waals surface area contributed by atoms with Crippen molar-refractivity contribution in [2.24, 2.45) is 0 Å². The first kappa shape index (κ1) is 22.7. The number of hydrogen-bond donors (Lipinski definition) is 1. The molecule has 32 heavy (non-hydrogen) atoms. The van der Waals surface area contributed by atoms with Gasteiger partial charge in [0.1, 0.15) is 16.5 Å². The zero-order valence-electron chi connectivity index (χ0n) is 18.3. The summed E-state index contributed by atoms with van der Waals surface area (Å²) >= 11 is 0. The van der Waals surface area contributed by atoms with E-state index in [9.17, 15) is 17.6 Å². The lowest BCUT2D eigenvalue weighted by atomic mass is 9.78. The standard InChI is InChI=1S/C24H29FN2O4S/c1-2-31-21-11-10-20(17-22(21)32(29,30)27-14-5-6-15-27)26-23(28)24(12-3-4-13-24)18-8-7-9-19(25)16-18/h7-11,16-17H,2-6,12-15H2,1H3,(H,26,28). The predicted molar refractivity (Wildman–Crippen MR) is 121 cm³/mol. The average Bonchev–Trinajstić information content (AvgIpc) is 3.48. The van der Waals surface area contributed by atoms with Gasteiger partial charge in [-0.15, -0.1) is 0 Å². The van der Waals surface area contributed by atoms with E-state index in [4.69, 9.17) is 4.74 Å². The van der Waals surface area contributed by atoms with Crippen LogP contribution in [-0.2, 0) is 20.2 Å². The van der Waals surface area contributed by atoms with Crippen LogP contribution in [0.1, 0.15) is 51.0 Å². The summed E-state index contributed by atoms with van der Waals surface area (Å²) in [6, 6.07) is 10.9. The van der Waals surface area contributed by atoms with Crippen LogP contribution in [-0.4, -0.2) is 38.3 Å². The number of nitrogens with zero attached hydrogens (tertiary/aromatic N) is 1. The average molecular weight is 461 g/mol. The number of carbonyl (C=O) groups excluding carboxylic acids is 1. The zero-order valence-corrected chi connectivity index (χ0v) is 19.1. The van der Waals surface area contributed by atoms with Gasteiger partial charge in [-0.05, 0) is 68.5 Å². The first-order valence-electron chi connectivity index (χ1n) is 11.2. The lowest BCUT2D eigenvalue weighted by Crippen LogP contribution is -2.38. The van der Waals surface area contributed by atoms with E-state index < -0.39 is 15.4 Å². The minimum Gasteiger partial charge on any atom is -0.492 e. The van der Waals surface area contributed by atoms with E-state index in [1.165, 1.54) is 22.5 Å². The molecule has 1 saturated carbocycles. The van der Waals surface area contributed by atoms with Crippen molar-refractivity contribution in [3.8, 4) is 5.75 Å². The van der Waals surface area contributed by atoms with Gasteiger partial charge in [0, 0.05) is 18.8 Å². The van der Waals surface area contributed by atoms with Crippen LogP contribution in [0.5, 0.6) is 5.75 Å². The Hall–Kier alpha value is -2.45. The van der Waals surface area contributed by atoms with Crippen LogP contribution in [0.2, 0.25) is 0 Å². The molecule has 0 atom stereocenters. The molecule has 4 rings (SSSR count). The number of anilines is 1. The summed E-state index contributed by atoms with van der Waals surface area (Å²) in [7, 11) is -3.73. The molecule has 1 saturated heterocycles.